The lowest BCUT2D eigenvalue weighted by Gasteiger charge is -2.13. The summed E-state index contributed by atoms with van der Waals surface area (Å²) in [4.78, 5) is 1.28. The highest BCUT2D eigenvalue weighted by molar-refractivity contribution is 7.13. The Morgan fingerprint density at radius 3 is 2.55 bits per heavy atom. The van der Waals surface area contributed by atoms with E-state index in [1.165, 1.54) is 47.3 Å². The topological polar surface area (TPSA) is 21.3 Å². The lowest BCUT2D eigenvalue weighted by Crippen LogP contribution is -2.14. The van der Waals surface area contributed by atoms with E-state index in [-0.39, 0.29) is 0 Å². The Bertz CT molecular complexity index is 814. The molecule has 0 saturated heterocycles. The molecule has 0 saturated carbocycles. The summed E-state index contributed by atoms with van der Waals surface area (Å²) in [5.74, 6) is 1.01. The average Bonchev–Trinajstić information content (AvgIpc) is 3.30. The Balaban J connectivity index is 1.49. The first-order valence-electron chi connectivity index (χ1n) is 10.9. The van der Waals surface area contributed by atoms with E-state index in [9.17, 15) is 0 Å². The smallest absolute Gasteiger partial charge is 0.127 e. The first-order chi connectivity index (χ1) is 14.4. The minimum atomic E-state index is 0.779. The molecule has 1 aromatic heterocycles. The molecule has 0 aliphatic rings. The zero-order valence-corrected chi connectivity index (χ0v) is 18.3. The number of unbranched alkanes of at least 4 members (excludes halogenated alkanes) is 3. The molecule has 3 aromatic rings. The molecule has 1 N–H and O–H groups in total. The molecule has 3 rings (SSSR count). The van der Waals surface area contributed by atoms with Crippen molar-refractivity contribution in [2.45, 2.75) is 52.0 Å². The van der Waals surface area contributed by atoms with Gasteiger partial charge in [-0.25, -0.2) is 0 Å². The Morgan fingerprint density at radius 1 is 0.862 bits per heavy atom. The molecule has 1 heterocycles. The maximum absolute atomic E-state index is 6.20. The summed E-state index contributed by atoms with van der Waals surface area (Å²) in [6.07, 6.45) is 7.11. The van der Waals surface area contributed by atoms with Gasteiger partial charge in [0.1, 0.15) is 5.75 Å². The molecule has 29 heavy (non-hydrogen) atoms. The minimum Gasteiger partial charge on any atom is -0.493 e. The molecular formula is C26H33NOS. The fourth-order valence-corrected chi connectivity index (χ4v) is 4.15. The second kappa shape index (κ2) is 12.5. The number of hydrogen-bond acceptors (Lipinski definition) is 3. The van der Waals surface area contributed by atoms with Crippen molar-refractivity contribution >= 4 is 11.3 Å². The monoisotopic (exact) mass is 407 g/mol. The van der Waals surface area contributed by atoms with Crippen molar-refractivity contribution in [2.24, 2.45) is 0 Å². The molecule has 2 aromatic carbocycles. The van der Waals surface area contributed by atoms with Gasteiger partial charge < -0.3 is 10.1 Å². The molecule has 0 spiro atoms. The van der Waals surface area contributed by atoms with Crippen molar-refractivity contribution < 1.29 is 4.74 Å². The van der Waals surface area contributed by atoms with Crippen LogP contribution >= 0.6 is 11.3 Å². The molecule has 0 unspecified atom stereocenters. The van der Waals surface area contributed by atoms with Crippen LogP contribution in [0, 0.1) is 0 Å². The zero-order chi connectivity index (χ0) is 20.2. The van der Waals surface area contributed by atoms with Gasteiger partial charge in [-0.15, -0.1) is 11.3 Å². The van der Waals surface area contributed by atoms with E-state index in [0.717, 1.165) is 38.3 Å². The summed E-state index contributed by atoms with van der Waals surface area (Å²) in [5.41, 5.74) is 3.97. The van der Waals surface area contributed by atoms with E-state index in [1.54, 1.807) is 11.3 Å². The summed E-state index contributed by atoms with van der Waals surface area (Å²) < 4.78 is 6.20. The van der Waals surface area contributed by atoms with Crippen LogP contribution in [0.3, 0.4) is 0 Å². The molecule has 0 bridgehead atoms. The van der Waals surface area contributed by atoms with Crippen LogP contribution in [0.4, 0.5) is 0 Å². The molecule has 0 atom stereocenters. The van der Waals surface area contributed by atoms with Gasteiger partial charge in [-0.05, 0) is 73.4 Å². The van der Waals surface area contributed by atoms with Gasteiger partial charge in [0.05, 0.1) is 6.61 Å². The fourth-order valence-electron chi connectivity index (χ4n) is 3.41. The second-order valence-electron chi connectivity index (χ2n) is 7.48. The minimum absolute atomic E-state index is 0.779. The van der Waals surface area contributed by atoms with Crippen molar-refractivity contribution in [3.63, 3.8) is 0 Å². The van der Waals surface area contributed by atoms with Crippen molar-refractivity contribution in [3.05, 3.63) is 77.2 Å². The Labute approximate surface area is 179 Å². The normalized spacial score (nSPS) is 10.9. The first-order valence-corrected chi connectivity index (χ1v) is 11.8. The summed E-state index contributed by atoms with van der Waals surface area (Å²) in [6, 6.07) is 21.7. The molecule has 0 radical (unpaired) electrons. The van der Waals surface area contributed by atoms with Gasteiger partial charge in [0.15, 0.2) is 0 Å². The highest BCUT2D eigenvalue weighted by Gasteiger charge is 2.09. The van der Waals surface area contributed by atoms with E-state index in [2.05, 4.69) is 78.3 Å². The van der Waals surface area contributed by atoms with Crippen molar-refractivity contribution in [1.82, 2.24) is 5.32 Å². The van der Waals surface area contributed by atoms with Crippen LogP contribution in [0.1, 0.15) is 50.2 Å². The SMILES string of the molecule is CCCCNCc1ccc(OCCCCCc2ccccc2)c(-c2cccs2)c1. The summed E-state index contributed by atoms with van der Waals surface area (Å²) in [7, 11) is 0. The number of nitrogens with one attached hydrogen (secondary N) is 1. The van der Waals surface area contributed by atoms with E-state index in [0.29, 0.717) is 0 Å². The lowest BCUT2D eigenvalue weighted by molar-refractivity contribution is 0.306. The third kappa shape index (κ3) is 7.34. The molecule has 154 valence electrons. The summed E-state index contributed by atoms with van der Waals surface area (Å²) in [6.45, 7) is 5.00. The van der Waals surface area contributed by atoms with E-state index < -0.39 is 0 Å². The van der Waals surface area contributed by atoms with Gasteiger partial charge in [-0.3, -0.25) is 0 Å². The van der Waals surface area contributed by atoms with E-state index >= 15 is 0 Å². The summed E-state index contributed by atoms with van der Waals surface area (Å²) >= 11 is 1.78. The van der Waals surface area contributed by atoms with Crippen molar-refractivity contribution in [3.8, 4) is 16.2 Å². The number of aryl methyl sites for hydroxylation is 1. The molecule has 0 aliphatic heterocycles. The maximum Gasteiger partial charge on any atom is 0.127 e. The standard InChI is InChI=1S/C26H33NOS/c1-2-3-17-27-21-23-15-16-25(24(20-23)26-14-10-19-29-26)28-18-9-5-8-13-22-11-6-4-7-12-22/h4,6-7,10-12,14-16,19-20,27H,2-3,5,8-9,13,17-18,21H2,1H3. The van der Waals surface area contributed by atoms with Gasteiger partial charge in [0, 0.05) is 17.0 Å². The van der Waals surface area contributed by atoms with Crippen molar-refractivity contribution in [2.75, 3.05) is 13.2 Å². The predicted molar refractivity (Wildman–Crippen MR) is 126 cm³/mol. The van der Waals surface area contributed by atoms with Crippen LogP contribution in [0.15, 0.2) is 66.0 Å². The number of ether oxygens (including phenoxy) is 1. The van der Waals surface area contributed by atoms with Crippen LogP contribution in [0.25, 0.3) is 10.4 Å². The third-order valence-electron chi connectivity index (χ3n) is 5.08. The lowest BCUT2D eigenvalue weighted by atomic mass is 10.1. The molecule has 0 fully saturated rings. The molecule has 0 aliphatic carbocycles. The summed E-state index contributed by atoms with van der Waals surface area (Å²) in [5, 5.41) is 5.67. The number of benzene rings is 2. The van der Waals surface area contributed by atoms with Crippen LogP contribution in [0.5, 0.6) is 5.75 Å². The molecule has 2 nitrogen and oxygen atoms in total. The van der Waals surface area contributed by atoms with E-state index in [4.69, 9.17) is 4.74 Å². The van der Waals surface area contributed by atoms with Gasteiger partial charge in [-0.1, -0.05) is 55.8 Å². The van der Waals surface area contributed by atoms with E-state index in [1.807, 2.05) is 0 Å². The predicted octanol–water partition coefficient (Wildman–Crippen LogP) is 7.10. The Morgan fingerprint density at radius 2 is 1.76 bits per heavy atom. The van der Waals surface area contributed by atoms with Crippen LogP contribution in [-0.4, -0.2) is 13.2 Å². The largest absolute Gasteiger partial charge is 0.493 e. The second-order valence-corrected chi connectivity index (χ2v) is 8.43. The molecule has 0 amide bonds. The Kier molecular flexibility index (Phi) is 9.28. The number of thiophene rings is 1. The van der Waals surface area contributed by atoms with Gasteiger partial charge >= 0.3 is 0 Å². The maximum atomic E-state index is 6.20. The Hall–Kier alpha value is -2.10. The number of rotatable bonds is 13. The van der Waals surface area contributed by atoms with Crippen LogP contribution in [0.2, 0.25) is 0 Å². The highest BCUT2D eigenvalue weighted by Crippen LogP contribution is 2.34. The first kappa shape index (κ1) is 21.6. The fraction of sp³-hybridized carbons (Fsp3) is 0.385. The number of hydrogen-bond donors (Lipinski definition) is 1. The third-order valence-corrected chi connectivity index (χ3v) is 5.98. The van der Waals surface area contributed by atoms with Gasteiger partial charge in [-0.2, -0.15) is 0 Å². The van der Waals surface area contributed by atoms with Crippen LogP contribution in [-0.2, 0) is 13.0 Å². The molecular weight excluding hydrogens is 374 g/mol. The molecule has 3 heteroatoms. The quantitative estimate of drug-likeness (QED) is 0.305. The van der Waals surface area contributed by atoms with Crippen molar-refractivity contribution in [1.29, 1.82) is 0 Å². The highest BCUT2D eigenvalue weighted by atomic mass is 32.1. The zero-order valence-electron chi connectivity index (χ0n) is 17.5. The average molecular weight is 408 g/mol. The van der Waals surface area contributed by atoms with Gasteiger partial charge in [0.25, 0.3) is 0 Å². The van der Waals surface area contributed by atoms with Gasteiger partial charge in [0.2, 0.25) is 0 Å². The van der Waals surface area contributed by atoms with Crippen LogP contribution < -0.4 is 10.1 Å².